The maximum absolute atomic E-state index is 3.98. The van der Waals surface area contributed by atoms with Gasteiger partial charge in [-0.2, -0.15) is 10.2 Å². The molecule has 4 nitrogen and oxygen atoms in total. The van der Waals surface area contributed by atoms with Crippen molar-refractivity contribution in [2.24, 2.45) is 0 Å². The number of nitrogens with zero attached hydrogens (tertiary/aromatic N) is 2. The predicted molar refractivity (Wildman–Crippen MR) is 97.0 cm³/mol. The lowest BCUT2D eigenvalue weighted by atomic mass is 10.1. The molecular formula is C20H16N4. The topological polar surface area (TPSA) is 57.4 Å². The Kier molecular flexibility index (Phi) is 3.78. The van der Waals surface area contributed by atoms with E-state index in [9.17, 15) is 0 Å². The van der Waals surface area contributed by atoms with E-state index in [4.69, 9.17) is 0 Å². The lowest BCUT2D eigenvalue weighted by molar-refractivity contribution is 1.10. The molecular weight excluding hydrogens is 296 g/mol. The Hall–Kier alpha value is -3.40. The molecule has 0 saturated carbocycles. The van der Waals surface area contributed by atoms with Crippen molar-refractivity contribution in [1.29, 1.82) is 0 Å². The van der Waals surface area contributed by atoms with Gasteiger partial charge in [0.05, 0.1) is 11.4 Å². The maximum Gasteiger partial charge on any atom is 0.0650 e. The lowest BCUT2D eigenvalue weighted by Gasteiger charge is -2.00. The van der Waals surface area contributed by atoms with Crippen molar-refractivity contribution in [1.82, 2.24) is 20.4 Å². The van der Waals surface area contributed by atoms with Gasteiger partial charge in [-0.25, -0.2) is 0 Å². The van der Waals surface area contributed by atoms with E-state index in [0.717, 1.165) is 33.6 Å². The third kappa shape index (κ3) is 3.03. The highest BCUT2D eigenvalue weighted by Gasteiger charge is 1.99. The molecule has 2 N–H and O–H groups in total. The van der Waals surface area contributed by atoms with Crippen LogP contribution < -0.4 is 0 Å². The minimum atomic E-state index is 1.03. The van der Waals surface area contributed by atoms with Gasteiger partial charge in [0.25, 0.3) is 0 Å². The molecule has 4 aromatic rings. The molecule has 0 aliphatic heterocycles. The quantitative estimate of drug-likeness (QED) is 0.539. The second-order valence-electron chi connectivity index (χ2n) is 5.52. The van der Waals surface area contributed by atoms with Crippen LogP contribution >= 0.6 is 0 Å². The summed E-state index contributed by atoms with van der Waals surface area (Å²) >= 11 is 0. The number of nitrogens with one attached hydrogen (secondary N) is 2. The summed E-state index contributed by atoms with van der Waals surface area (Å²) in [4.78, 5) is 0. The molecule has 2 heterocycles. The maximum atomic E-state index is 3.98. The molecule has 0 aliphatic rings. The fourth-order valence-electron chi connectivity index (χ4n) is 2.57. The molecule has 4 rings (SSSR count). The van der Waals surface area contributed by atoms with Crippen molar-refractivity contribution in [2.45, 2.75) is 0 Å². The molecule has 2 aromatic heterocycles. The molecule has 0 radical (unpaired) electrons. The highest BCUT2D eigenvalue weighted by atomic mass is 15.1. The van der Waals surface area contributed by atoms with Gasteiger partial charge >= 0.3 is 0 Å². The summed E-state index contributed by atoms with van der Waals surface area (Å²) in [6, 6.07) is 20.7. The summed E-state index contributed by atoms with van der Waals surface area (Å²) in [6.07, 6.45) is 7.75. The summed E-state index contributed by atoms with van der Waals surface area (Å²) in [6.45, 7) is 0. The fraction of sp³-hybridized carbons (Fsp3) is 0. The van der Waals surface area contributed by atoms with Crippen LogP contribution in [0, 0.1) is 0 Å². The first kappa shape index (κ1) is 14.2. The van der Waals surface area contributed by atoms with Crippen LogP contribution in [0.4, 0.5) is 0 Å². The zero-order valence-corrected chi connectivity index (χ0v) is 13.0. The van der Waals surface area contributed by atoms with E-state index in [2.05, 4.69) is 81.1 Å². The van der Waals surface area contributed by atoms with Crippen LogP contribution in [0.3, 0.4) is 0 Å². The Bertz CT molecular complexity index is 837. The fourth-order valence-corrected chi connectivity index (χ4v) is 2.57. The smallest absolute Gasteiger partial charge is 0.0650 e. The highest BCUT2D eigenvalue weighted by Crippen LogP contribution is 2.19. The second kappa shape index (κ2) is 6.38. The van der Waals surface area contributed by atoms with Gasteiger partial charge in [0.1, 0.15) is 0 Å². The van der Waals surface area contributed by atoms with E-state index in [-0.39, 0.29) is 0 Å². The van der Waals surface area contributed by atoms with Gasteiger partial charge in [0, 0.05) is 12.4 Å². The van der Waals surface area contributed by atoms with Gasteiger partial charge in [0.2, 0.25) is 0 Å². The van der Waals surface area contributed by atoms with Crippen LogP contribution in [-0.2, 0) is 0 Å². The molecule has 0 fully saturated rings. The Labute approximate surface area is 139 Å². The number of aromatic amines is 2. The molecule has 0 aliphatic carbocycles. The molecule has 0 spiro atoms. The Balaban J connectivity index is 1.48. The normalized spacial score (nSPS) is 11.2. The minimum Gasteiger partial charge on any atom is -0.278 e. The van der Waals surface area contributed by atoms with E-state index in [0.29, 0.717) is 0 Å². The Morgan fingerprint density at radius 2 is 0.958 bits per heavy atom. The molecule has 4 heteroatoms. The summed E-state index contributed by atoms with van der Waals surface area (Å²) in [5, 5.41) is 13.9. The van der Waals surface area contributed by atoms with Gasteiger partial charge in [-0.1, -0.05) is 60.7 Å². The van der Waals surface area contributed by atoms with Crippen molar-refractivity contribution in [3.05, 3.63) is 84.2 Å². The number of hydrogen-bond donors (Lipinski definition) is 2. The SMILES string of the molecule is C(=Cc1ccc(-c2ccn[nH]2)cc1)c1ccc(-c2ccn[nH]2)cc1. The van der Waals surface area contributed by atoms with Gasteiger partial charge in [-0.15, -0.1) is 0 Å². The largest absolute Gasteiger partial charge is 0.278 e. The monoisotopic (exact) mass is 312 g/mol. The third-order valence-corrected chi connectivity index (χ3v) is 3.91. The van der Waals surface area contributed by atoms with Gasteiger partial charge in [-0.3, -0.25) is 10.2 Å². The Morgan fingerprint density at radius 1 is 0.542 bits per heavy atom. The summed E-state index contributed by atoms with van der Waals surface area (Å²) in [5.74, 6) is 0. The van der Waals surface area contributed by atoms with Crippen molar-refractivity contribution in [3.8, 4) is 22.5 Å². The van der Waals surface area contributed by atoms with Crippen molar-refractivity contribution >= 4 is 12.2 Å². The molecule has 116 valence electrons. The molecule has 0 amide bonds. The number of aromatic nitrogens is 4. The van der Waals surface area contributed by atoms with Crippen molar-refractivity contribution in [2.75, 3.05) is 0 Å². The first-order valence-electron chi connectivity index (χ1n) is 7.76. The molecule has 24 heavy (non-hydrogen) atoms. The Morgan fingerprint density at radius 3 is 1.29 bits per heavy atom. The summed E-state index contributed by atoms with van der Waals surface area (Å²) < 4.78 is 0. The predicted octanol–water partition coefficient (Wildman–Crippen LogP) is 4.64. The molecule has 0 saturated heterocycles. The van der Waals surface area contributed by atoms with E-state index >= 15 is 0 Å². The molecule has 0 atom stereocenters. The number of benzene rings is 2. The van der Waals surface area contributed by atoms with E-state index in [1.54, 1.807) is 12.4 Å². The van der Waals surface area contributed by atoms with Crippen molar-refractivity contribution in [3.63, 3.8) is 0 Å². The second-order valence-corrected chi connectivity index (χ2v) is 5.52. The lowest BCUT2D eigenvalue weighted by Crippen LogP contribution is -1.80. The zero-order valence-electron chi connectivity index (χ0n) is 13.0. The summed E-state index contributed by atoms with van der Waals surface area (Å²) in [7, 11) is 0. The molecule has 0 bridgehead atoms. The number of rotatable bonds is 4. The van der Waals surface area contributed by atoms with Crippen LogP contribution in [0.15, 0.2) is 73.1 Å². The highest BCUT2D eigenvalue weighted by molar-refractivity contribution is 5.72. The van der Waals surface area contributed by atoms with Gasteiger partial charge in [-0.05, 0) is 34.4 Å². The van der Waals surface area contributed by atoms with Crippen LogP contribution in [0.5, 0.6) is 0 Å². The van der Waals surface area contributed by atoms with Gasteiger partial charge in [0.15, 0.2) is 0 Å². The average molecular weight is 312 g/mol. The van der Waals surface area contributed by atoms with Crippen LogP contribution in [-0.4, -0.2) is 20.4 Å². The first-order chi connectivity index (χ1) is 11.9. The standard InChI is InChI=1S/C20H16N4/c1(15-3-7-17(8-4-15)19-11-13-21-23-19)2-16-5-9-18(10-6-16)20-12-14-22-24-20/h1-14H,(H,21,23)(H,22,24). The minimum absolute atomic E-state index is 1.03. The van der Waals surface area contributed by atoms with Crippen LogP contribution in [0.2, 0.25) is 0 Å². The van der Waals surface area contributed by atoms with Crippen molar-refractivity contribution < 1.29 is 0 Å². The number of hydrogen-bond acceptors (Lipinski definition) is 2. The van der Waals surface area contributed by atoms with E-state index in [1.165, 1.54) is 0 Å². The van der Waals surface area contributed by atoms with Crippen LogP contribution in [0.1, 0.15) is 11.1 Å². The average Bonchev–Trinajstić information content (AvgIpc) is 3.34. The van der Waals surface area contributed by atoms with Crippen LogP contribution in [0.25, 0.3) is 34.7 Å². The van der Waals surface area contributed by atoms with E-state index < -0.39 is 0 Å². The summed E-state index contributed by atoms with van der Waals surface area (Å²) in [5.41, 5.74) is 6.65. The zero-order chi connectivity index (χ0) is 16.2. The molecule has 2 aromatic carbocycles. The van der Waals surface area contributed by atoms with Gasteiger partial charge < -0.3 is 0 Å². The third-order valence-electron chi connectivity index (χ3n) is 3.91. The number of H-pyrrole nitrogens is 2. The molecule has 0 unspecified atom stereocenters. The first-order valence-corrected chi connectivity index (χ1v) is 7.76. The van der Waals surface area contributed by atoms with E-state index in [1.807, 2.05) is 12.1 Å².